The van der Waals surface area contributed by atoms with Gasteiger partial charge in [-0.15, -0.1) is 0 Å². The van der Waals surface area contributed by atoms with Crippen molar-refractivity contribution in [1.82, 2.24) is 19.4 Å². The summed E-state index contributed by atoms with van der Waals surface area (Å²) < 4.78 is 0.937. The highest BCUT2D eigenvalue weighted by molar-refractivity contribution is 5.96. The Morgan fingerprint density at radius 2 is 2.12 bits per heavy atom. The molecule has 0 radical (unpaired) electrons. The summed E-state index contributed by atoms with van der Waals surface area (Å²) in [6.45, 7) is 0.867. The molecule has 2 aromatic rings. The Balaban J connectivity index is 1.71. The lowest BCUT2D eigenvalue weighted by Crippen LogP contribution is -2.44. The molecule has 0 unspecified atom stereocenters. The summed E-state index contributed by atoms with van der Waals surface area (Å²) in [7, 11) is 1.36. The number of aromatic amines is 1. The normalized spacial score (nSPS) is 17.1. The van der Waals surface area contributed by atoms with Gasteiger partial charge in [-0.1, -0.05) is 6.07 Å². The van der Waals surface area contributed by atoms with Gasteiger partial charge in [0.05, 0.1) is 6.42 Å². The Kier molecular flexibility index (Phi) is 5.11. The van der Waals surface area contributed by atoms with E-state index in [0.29, 0.717) is 25.2 Å². The van der Waals surface area contributed by atoms with E-state index in [1.807, 2.05) is 0 Å². The maximum Gasteiger partial charge on any atom is 0.328 e. The van der Waals surface area contributed by atoms with E-state index in [2.05, 4.69) is 9.97 Å². The molecule has 1 fully saturated rings. The van der Waals surface area contributed by atoms with Gasteiger partial charge in [0.15, 0.2) is 5.78 Å². The number of carbonyl (C=O) groups excluding carboxylic acids is 2. The zero-order chi connectivity index (χ0) is 18.7. The molecule has 1 saturated heterocycles. The second-order valence-electron chi connectivity index (χ2n) is 6.42. The number of likely N-dealkylation sites (tertiary alicyclic amines) is 1. The summed E-state index contributed by atoms with van der Waals surface area (Å²) in [4.78, 5) is 56.8. The fraction of sp³-hybridized carbons (Fsp3) is 0.389. The van der Waals surface area contributed by atoms with E-state index in [-0.39, 0.29) is 29.6 Å². The first-order chi connectivity index (χ1) is 12.5. The molecule has 1 aliphatic heterocycles. The van der Waals surface area contributed by atoms with Crippen LogP contribution in [0.5, 0.6) is 0 Å². The number of piperidine rings is 1. The Labute approximate surface area is 149 Å². The van der Waals surface area contributed by atoms with Crippen LogP contribution in [0, 0.1) is 5.92 Å². The summed E-state index contributed by atoms with van der Waals surface area (Å²) in [5.74, 6) is -0.586. The highest BCUT2D eigenvalue weighted by atomic mass is 16.2. The standard InChI is InChI=1S/C18H20N4O4/c1-21-17(25)13(10-20-18(21)26)9-15(23)22-8-4-5-12(11-22)16(24)14-6-2-3-7-19-14/h2-3,6-7,10,12H,4-5,8-9,11H2,1H3,(H,20,26)/t12-/m1/s1. The lowest BCUT2D eigenvalue weighted by Gasteiger charge is -2.32. The van der Waals surface area contributed by atoms with E-state index in [1.165, 1.54) is 13.2 Å². The first-order valence-electron chi connectivity index (χ1n) is 8.48. The Hall–Kier alpha value is -3.03. The van der Waals surface area contributed by atoms with Gasteiger partial charge in [0.1, 0.15) is 5.69 Å². The van der Waals surface area contributed by atoms with Crippen LogP contribution in [-0.4, -0.2) is 44.2 Å². The van der Waals surface area contributed by atoms with Gasteiger partial charge in [0.25, 0.3) is 5.56 Å². The number of nitrogens with one attached hydrogen (secondary N) is 1. The molecule has 0 aliphatic carbocycles. The average Bonchev–Trinajstić information content (AvgIpc) is 2.68. The molecule has 1 aliphatic rings. The SMILES string of the molecule is Cn1c(=O)[nH]cc(CC(=O)N2CCC[C@@H](C(=O)c3ccccn3)C2)c1=O. The minimum Gasteiger partial charge on any atom is -0.342 e. The van der Waals surface area contributed by atoms with Crippen LogP contribution in [0.25, 0.3) is 0 Å². The number of aromatic nitrogens is 3. The molecule has 0 bridgehead atoms. The fourth-order valence-electron chi connectivity index (χ4n) is 3.15. The van der Waals surface area contributed by atoms with E-state index >= 15 is 0 Å². The molecule has 26 heavy (non-hydrogen) atoms. The number of H-pyrrole nitrogens is 1. The number of hydrogen-bond acceptors (Lipinski definition) is 5. The van der Waals surface area contributed by atoms with Crippen LogP contribution in [0.15, 0.2) is 40.2 Å². The van der Waals surface area contributed by atoms with Crippen LogP contribution in [0.1, 0.15) is 28.9 Å². The minimum absolute atomic E-state index is 0.0666. The monoisotopic (exact) mass is 356 g/mol. The quantitative estimate of drug-likeness (QED) is 0.784. The predicted molar refractivity (Wildman–Crippen MR) is 93.9 cm³/mol. The third-order valence-corrected chi connectivity index (χ3v) is 4.66. The van der Waals surface area contributed by atoms with Crippen molar-refractivity contribution in [3.8, 4) is 0 Å². The van der Waals surface area contributed by atoms with Crippen LogP contribution in [0.4, 0.5) is 0 Å². The van der Waals surface area contributed by atoms with Gasteiger partial charge in [-0.2, -0.15) is 0 Å². The van der Waals surface area contributed by atoms with Gasteiger partial charge in [-0.25, -0.2) is 4.79 Å². The van der Waals surface area contributed by atoms with E-state index in [9.17, 15) is 19.2 Å². The van der Waals surface area contributed by atoms with Crippen molar-refractivity contribution in [2.45, 2.75) is 19.3 Å². The molecular formula is C18H20N4O4. The highest BCUT2D eigenvalue weighted by Crippen LogP contribution is 2.20. The molecule has 1 amide bonds. The molecule has 0 saturated carbocycles. The maximum atomic E-state index is 12.6. The van der Waals surface area contributed by atoms with E-state index in [1.54, 1.807) is 29.3 Å². The molecule has 8 heteroatoms. The van der Waals surface area contributed by atoms with Crippen LogP contribution >= 0.6 is 0 Å². The van der Waals surface area contributed by atoms with Crippen molar-refractivity contribution in [2.75, 3.05) is 13.1 Å². The number of carbonyl (C=O) groups is 2. The summed E-state index contributed by atoms with van der Waals surface area (Å²) >= 11 is 0. The molecule has 3 heterocycles. The van der Waals surface area contributed by atoms with Crippen LogP contribution in [-0.2, 0) is 18.3 Å². The minimum atomic E-state index is -0.523. The summed E-state index contributed by atoms with van der Waals surface area (Å²) in [5.41, 5.74) is -0.373. The number of nitrogens with zero attached hydrogens (tertiary/aromatic N) is 3. The smallest absolute Gasteiger partial charge is 0.328 e. The Bertz CT molecular complexity index is 932. The highest BCUT2D eigenvalue weighted by Gasteiger charge is 2.29. The number of Topliss-reactive ketones (excluding diaryl/α,β-unsaturated/α-hetero) is 1. The Morgan fingerprint density at radius 1 is 1.31 bits per heavy atom. The molecular weight excluding hydrogens is 336 g/mol. The van der Waals surface area contributed by atoms with Crippen LogP contribution < -0.4 is 11.2 Å². The third-order valence-electron chi connectivity index (χ3n) is 4.66. The Morgan fingerprint density at radius 3 is 2.85 bits per heavy atom. The summed E-state index contributed by atoms with van der Waals surface area (Å²) in [5, 5.41) is 0. The molecule has 0 aromatic carbocycles. The van der Waals surface area contributed by atoms with Crippen molar-refractivity contribution < 1.29 is 9.59 Å². The van der Waals surface area contributed by atoms with Gasteiger partial charge in [-0.05, 0) is 25.0 Å². The number of amides is 1. The largest absolute Gasteiger partial charge is 0.342 e. The topological polar surface area (TPSA) is 105 Å². The van der Waals surface area contributed by atoms with E-state index in [4.69, 9.17) is 0 Å². The first kappa shape index (κ1) is 17.8. The van der Waals surface area contributed by atoms with Gasteiger partial charge >= 0.3 is 5.69 Å². The van der Waals surface area contributed by atoms with Crippen molar-refractivity contribution >= 4 is 11.7 Å². The number of pyridine rings is 1. The van der Waals surface area contributed by atoms with Gasteiger partial charge in [0, 0.05) is 44.0 Å². The first-order valence-corrected chi connectivity index (χ1v) is 8.48. The predicted octanol–water partition coefficient (Wildman–Crippen LogP) is 0.133. The second kappa shape index (κ2) is 7.47. The molecule has 1 atom stereocenters. The molecule has 136 valence electrons. The maximum absolute atomic E-state index is 12.6. The summed E-state index contributed by atoms with van der Waals surface area (Å²) in [6, 6.07) is 5.18. The number of hydrogen-bond donors (Lipinski definition) is 1. The van der Waals surface area contributed by atoms with Crippen molar-refractivity contribution in [2.24, 2.45) is 13.0 Å². The average molecular weight is 356 g/mol. The van der Waals surface area contributed by atoms with Gasteiger partial charge in [-0.3, -0.25) is 23.9 Å². The van der Waals surface area contributed by atoms with Crippen molar-refractivity contribution in [1.29, 1.82) is 0 Å². The van der Waals surface area contributed by atoms with E-state index < -0.39 is 11.2 Å². The van der Waals surface area contributed by atoms with Crippen LogP contribution in [0.2, 0.25) is 0 Å². The molecule has 0 spiro atoms. The van der Waals surface area contributed by atoms with E-state index in [0.717, 1.165) is 11.0 Å². The zero-order valence-electron chi connectivity index (χ0n) is 14.5. The third kappa shape index (κ3) is 3.63. The molecule has 8 nitrogen and oxygen atoms in total. The lowest BCUT2D eigenvalue weighted by atomic mass is 9.91. The van der Waals surface area contributed by atoms with Gasteiger partial charge in [0.2, 0.25) is 5.91 Å². The molecule has 1 N–H and O–H groups in total. The number of rotatable bonds is 4. The molecule has 3 rings (SSSR count). The molecule has 2 aromatic heterocycles. The van der Waals surface area contributed by atoms with Crippen molar-refractivity contribution in [3.63, 3.8) is 0 Å². The van der Waals surface area contributed by atoms with Gasteiger partial charge < -0.3 is 9.88 Å². The number of ketones is 1. The summed E-state index contributed by atoms with van der Waals surface area (Å²) in [6.07, 6.45) is 4.18. The second-order valence-corrected chi connectivity index (χ2v) is 6.42. The van der Waals surface area contributed by atoms with Crippen molar-refractivity contribution in [3.05, 3.63) is 62.7 Å². The van der Waals surface area contributed by atoms with Crippen LogP contribution in [0.3, 0.4) is 0 Å². The lowest BCUT2D eigenvalue weighted by molar-refractivity contribution is -0.131. The fourth-order valence-corrected chi connectivity index (χ4v) is 3.15. The zero-order valence-corrected chi connectivity index (χ0v) is 14.5.